The molecule has 5 atom stereocenters. The smallest absolute Gasteiger partial charge is 0.326 e. The number of nitrogens with zero attached hydrogens (tertiary/aromatic N) is 1. The third-order valence-corrected chi connectivity index (χ3v) is 4.49. The third-order valence-electron chi connectivity index (χ3n) is 4.49. The number of likely N-dealkylation sites (tertiary alicyclic amines) is 1. The average molecular weight is 249 g/mol. The van der Waals surface area contributed by atoms with Gasteiger partial charge in [0.15, 0.2) is 0 Å². The summed E-state index contributed by atoms with van der Waals surface area (Å²) in [5.41, 5.74) is 0. The van der Waals surface area contributed by atoms with Crippen molar-refractivity contribution in [3.63, 3.8) is 0 Å². The Balaban J connectivity index is 1.94. The lowest BCUT2D eigenvalue weighted by atomic mass is 9.85. The van der Waals surface area contributed by atoms with E-state index in [2.05, 4.69) is 0 Å². The van der Waals surface area contributed by atoms with Crippen molar-refractivity contribution in [1.29, 1.82) is 0 Å². The van der Waals surface area contributed by atoms with Crippen molar-refractivity contribution in [3.8, 4) is 0 Å². The van der Waals surface area contributed by atoms with Crippen molar-refractivity contribution in [2.24, 2.45) is 23.7 Å². The summed E-state index contributed by atoms with van der Waals surface area (Å²) >= 11 is 0. The van der Waals surface area contributed by atoms with E-state index >= 15 is 0 Å². The second-order valence-corrected chi connectivity index (χ2v) is 5.31. The summed E-state index contributed by atoms with van der Waals surface area (Å²) in [6.45, 7) is 1.68. The minimum atomic E-state index is -1.10. The number of imide groups is 1. The Morgan fingerprint density at radius 2 is 1.83 bits per heavy atom. The number of carboxylic acid groups (broad SMARTS) is 1. The van der Waals surface area contributed by atoms with Crippen LogP contribution in [0.15, 0.2) is 12.2 Å². The van der Waals surface area contributed by atoms with E-state index in [-0.39, 0.29) is 41.9 Å². The summed E-state index contributed by atoms with van der Waals surface area (Å²) in [6.07, 6.45) is 5.13. The van der Waals surface area contributed by atoms with Gasteiger partial charge in [0.25, 0.3) is 0 Å². The molecule has 18 heavy (non-hydrogen) atoms. The molecule has 5 heteroatoms. The van der Waals surface area contributed by atoms with E-state index in [1.165, 1.54) is 0 Å². The first-order chi connectivity index (χ1) is 8.56. The molecule has 0 aromatic rings. The minimum absolute atomic E-state index is 0.132. The maximum atomic E-state index is 12.3. The van der Waals surface area contributed by atoms with E-state index in [9.17, 15) is 14.4 Å². The molecule has 3 rings (SSSR count). The maximum absolute atomic E-state index is 12.3. The lowest BCUT2D eigenvalue weighted by molar-refractivity contribution is -0.155. The zero-order valence-electron chi connectivity index (χ0n) is 10.1. The summed E-state index contributed by atoms with van der Waals surface area (Å²) in [5.74, 6) is -2.01. The molecule has 2 aliphatic carbocycles. The molecule has 0 aromatic carbocycles. The van der Waals surface area contributed by atoms with Gasteiger partial charge in [0, 0.05) is 0 Å². The Morgan fingerprint density at radius 3 is 2.22 bits per heavy atom. The highest BCUT2D eigenvalue weighted by Crippen LogP contribution is 2.52. The molecule has 5 nitrogen and oxygen atoms in total. The van der Waals surface area contributed by atoms with Crippen LogP contribution in [-0.2, 0) is 14.4 Å². The third kappa shape index (κ3) is 1.24. The Bertz CT molecular complexity index is 440. The lowest BCUT2D eigenvalue weighted by Crippen LogP contribution is -2.45. The van der Waals surface area contributed by atoms with E-state index in [4.69, 9.17) is 5.11 Å². The topological polar surface area (TPSA) is 74.7 Å². The first-order valence-corrected chi connectivity index (χ1v) is 6.34. The molecular formula is C13H15NO4. The highest BCUT2D eigenvalue weighted by atomic mass is 16.4. The number of carbonyl (C=O) groups excluding carboxylic acids is 2. The zero-order chi connectivity index (χ0) is 13.0. The van der Waals surface area contributed by atoms with Crippen LogP contribution in [0.25, 0.3) is 0 Å². The van der Waals surface area contributed by atoms with Crippen LogP contribution >= 0.6 is 0 Å². The molecule has 1 saturated carbocycles. The van der Waals surface area contributed by atoms with Gasteiger partial charge in [-0.15, -0.1) is 0 Å². The molecule has 1 saturated heterocycles. The fourth-order valence-corrected chi connectivity index (χ4v) is 3.70. The molecule has 3 aliphatic rings. The number of hydrogen-bond donors (Lipinski definition) is 1. The normalized spacial score (nSPS) is 38.4. The molecule has 96 valence electrons. The monoisotopic (exact) mass is 249 g/mol. The molecule has 2 fully saturated rings. The molecule has 2 bridgehead atoms. The van der Waals surface area contributed by atoms with Gasteiger partial charge in [0.05, 0.1) is 11.8 Å². The van der Waals surface area contributed by atoms with Gasteiger partial charge < -0.3 is 5.11 Å². The van der Waals surface area contributed by atoms with E-state index in [0.29, 0.717) is 0 Å². The van der Waals surface area contributed by atoms with E-state index in [1.807, 2.05) is 12.2 Å². The number of rotatable bonds is 3. The molecule has 1 aliphatic heterocycles. The number of amides is 2. The molecule has 0 unspecified atom stereocenters. The highest BCUT2D eigenvalue weighted by molar-refractivity contribution is 6.08. The van der Waals surface area contributed by atoms with E-state index in [0.717, 1.165) is 11.3 Å². The van der Waals surface area contributed by atoms with Gasteiger partial charge >= 0.3 is 5.97 Å². The van der Waals surface area contributed by atoms with Crippen LogP contribution in [0.3, 0.4) is 0 Å². The highest BCUT2D eigenvalue weighted by Gasteiger charge is 2.60. The SMILES string of the molecule is CC[C@@H](C(=O)O)N1C(=O)[C@@H]2[C@H](C1=O)[C@H]1C=C[C@H]2C1. The molecule has 0 aromatic heterocycles. The summed E-state index contributed by atoms with van der Waals surface area (Å²) in [7, 11) is 0. The van der Waals surface area contributed by atoms with Crippen molar-refractivity contribution < 1.29 is 19.5 Å². The summed E-state index contributed by atoms with van der Waals surface area (Å²) < 4.78 is 0. The predicted octanol–water partition coefficient (Wildman–Crippen LogP) is 0.657. The lowest BCUT2D eigenvalue weighted by Gasteiger charge is -2.23. The van der Waals surface area contributed by atoms with Crippen LogP contribution in [0.1, 0.15) is 19.8 Å². The molecule has 1 heterocycles. The molecule has 1 N–H and O–H groups in total. The number of fused-ring (bicyclic) bond motifs is 5. The van der Waals surface area contributed by atoms with Crippen LogP contribution in [-0.4, -0.2) is 33.8 Å². The van der Waals surface area contributed by atoms with Gasteiger partial charge in [-0.1, -0.05) is 19.1 Å². The number of hydrogen-bond acceptors (Lipinski definition) is 3. The van der Waals surface area contributed by atoms with Crippen LogP contribution in [0.2, 0.25) is 0 Å². The number of carbonyl (C=O) groups is 3. The minimum Gasteiger partial charge on any atom is -0.480 e. The van der Waals surface area contributed by atoms with Crippen molar-refractivity contribution in [2.45, 2.75) is 25.8 Å². The van der Waals surface area contributed by atoms with Gasteiger partial charge in [0.1, 0.15) is 6.04 Å². The summed E-state index contributed by atoms with van der Waals surface area (Å²) in [6, 6.07) is -1.00. The summed E-state index contributed by atoms with van der Waals surface area (Å²) in [5, 5.41) is 9.12. The average Bonchev–Trinajstić information content (AvgIpc) is 2.98. The van der Waals surface area contributed by atoms with Crippen molar-refractivity contribution in [3.05, 3.63) is 12.2 Å². The van der Waals surface area contributed by atoms with Crippen LogP contribution in [0, 0.1) is 23.7 Å². The molecular weight excluding hydrogens is 234 g/mol. The second-order valence-electron chi connectivity index (χ2n) is 5.31. The largest absolute Gasteiger partial charge is 0.480 e. The molecule has 2 amide bonds. The van der Waals surface area contributed by atoms with Gasteiger partial charge in [-0.05, 0) is 24.7 Å². The fraction of sp³-hybridized carbons (Fsp3) is 0.615. The maximum Gasteiger partial charge on any atom is 0.326 e. The Labute approximate surface area is 104 Å². The Hall–Kier alpha value is -1.65. The Morgan fingerprint density at radius 1 is 1.33 bits per heavy atom. The van der Waals surface area contributed by atoms with Gasteiger partial charge in [-0.3, -0.25) is 14.5 Å². The quantitative estimate of drug-likeness (QED) is 0.589. The van der Waals surface area contributed by atoms with Gasteiger partial charge in [0.2, 0.25) is 11.8 Å². The standard InChI is InChI=1S/C13H15NO4/c1-2-8(13(17)18)14-11(15)9-6-3-4-7(5-6)10(9)12(14)16/h3-4,6-10H,2,5H2,1H3,(H,17,18)/t6-,7-,8-,9-,10+/m0/s1. The second kappa shape index (κ2) is 3.67. The molecule has 0 radical (unpaired) electrons. The Kier molecular flexibility index (Phi) is 2.33. The summed E-state index contributed by atoms with van der Waals surface area (Å²) in [4.78, 5) is 36.7. The number of aliphatic carboxylic acids is 1. The fourth-order valence-electron chi connectivity index (χ4n) is 3.70. The van der Waals surface area contributed by atoms with Crippen LogP contribution < -0.4 is 0 Å². The van der Waals surface area contributed by atoms with Gasteiger partial charge in [-0.2, -0.15) is 0 Å². The predicted molar refractivity (Wildman–Crippen MR) is 61.3 cm³/mol. The van der Waals surface area contributed by atoms with Crippen LogP contribution in [0.5, 0.6) is 0 Å². The zero-order valence-corrected chi connectivity index (χ0v) is 10.1. The van der Waals surface area contributed by atoms with Crippen molar-refractivity contribution >= 4 is 17.8 Å². The first-order valence-electron chi connectivity index (χ1n) is 6.34. The first kappa shape index (κ1) is 11.4. The van der Waals surface area contributed by atoms with Gasteiger partial charge in [-0.25, -0.2) is 4.79 Å². The van der Waals surface area contributed by atoms with E-state index in [1.54, 1.807) is 6.92 Å². The number of allylic oxidation sites excluding steroid dienone is 2. The van der Waals surface area contributed by atoms with Crippen molar-refractivity contribution in [2.75, 3.05) is 0 Å². The van der Waals surface area contributed by atoms with E-state index < -0.39 is 12.0 Å². The number of carboxylic acids is 1. The molecule has 0 spiro atoms. The van der Waals surface area contributed by atoms with Crippen LogP contribution in [0.4, 0.5) is 0 Å². The van der Waals surface area contributed by atoms with Crippen molar-refractivity contribution in [1.82, 2.24) is 4.90 Å².